The van der Waals surface area contributed by atoms with Crippen molar-refractivity contribution >= 4 is 21.8 Å². The Kier molecular flexibility index (Phi) is 6.92. The number of aromatic nitrogens is 1. The molecule has 0 bridgehead atoms. The van der Waals surface area contributed by atoms with E-state index >= 15 is 0 Å². The summed E-state index contributed by atoms with van der Waals surface area (Å²) in [6.07, 6.45) is 7.36. The zero-order valence-electron chi connectivity index (χ0n) is 17.5. The number of fused-ring (bicyclic) bond motifs is 3. The second kappa shape index (κ2) is 9.38. The third-order valence-corrected chi connectivity index (χ3v) is 5.37. The third kappa shape index (κ3) is 5.57. The van der Waals surface area contributed by atoms with Crippen molar-refractivity contribution in [2.24, 2.45) is 0 Å². The van der Waals surface area contributed by atoms with E-state index in [0.717, 1.165) is 0 Å². The Morgan fingerprint density at radius 1 is 0.630 bits per heavy atom. The summed E-state index contributed by atoms with van der Waals surface area (Å²) in [6.45, 7) is 2.35. The number of unbranched alkanes of at least 4 members (excludes halogenated alkanes) is 2. The molecule has 1 aromatic heterocycles. The van der Waals surface area contributed by atoms with E-state index in [4.69, 9.17) is 0 Å². The summed E-state index contributed by atoms with van der Waals surface area (Å²) in [5, 5.41) is 2.76. The molecule has 3 nitrogen and oxygen atoms in total. The number of rotatable bonds is 10. The standard InChI is InChI=1S/C24H35N3/c1-26(2)15-7-5-9-19-11-13-23-21(17-19)22-18-20(12-14-24(22)25-23)10-6-8-16-27(3)4/h11-14,17-18,25H,5-10,15-16H2,1-4H3. The number of nitrogens with zero attached hydrogens (tertiary/aromatic N) is 2. The highest BCUT2D eigenvalue weighted by Gasteiger charge is 2.07. The Bertz CT molecular complexity index is 790. The van der Waals surface area contributed by atoms with E-state index in [2.05, 4.69) is 79.4 Å². The smallest absolute Gasteiger partial charge is 0.0465 e. The first kappa shape index (κ1) is 19.9. The first-order valence-electron chi connectivity index (χ1n) is 10.4. The Balaban J connectivity index is 1.71. The first-order valence-corrected chi connectivity index (χ1v) is 10.4. The maximum absolute atomic E-state index is 3.58. The summed E-state index contributed by atoms with van der Waals surface area (Å²) in [6, 6.07) is 13.9. The minimum Gasteiger partial charge on any atom is -0.355 e. The van der Waals surface area contributed by atoms with Crippen LogP contribution in [0.4, 0.5) is 0 Å². The van der Waals surface area contributed by atoms with E-state index in [9.17, 15) is 0 Å². The quantitative estimate of drug-likeness (QED) is 0.506. The summed E-state index contributed by atoms with van der Waals surface area (Å²) in [5.41, 5.74) is 5.43. The van der Waals surface area contributed by atoms with Gasteiger partial charge in [0.15, 0.2) is 0 Å². The lowest BCUT2D eigenvalue weighted by Crippen LogP contribution is -2.12. The maximum Gasteiger partial charge on any atom is 0.0465 e. The van der Waals surface area contributed by atoms with E-state index in [1.165, 1.54) is 84.5 Å². The molecule has 0 spiro atoms. The van der Waals surface area contributed by atoms with Crippen molar-refractivity contribution in [3.8, 4) is 0 Å². The van der Waals surface area contributed by atoms with Crippen molar-refractivity contribution in [3.63, 3.8) is 0 Å². The number of aryl methyl sites for hydroxylation is 2. The van der Waals surface area contributed by atoms with Gasteiger partial charge in [-0.25, -0.2) is 0 Å². The summed E-state index contributed by atoms with van der Waals surface area (Å²) in [5.74, 6) is 0. The van der Waals surface area contributed by atoms with Gasteiger partial charge < -0.3 is 14.8 Å². The van der Waals surface area contributed by atoms with Gasteiger partial charge in [0.05, 0.1) is 0 Å². The molecule has 1 N–H and O–H groups in total. The zero-order chi connectivity index (χ0) is 19.2. The van der Waals surface area contributed by atoms with Crippen molar-refractivity contribution in [1.82, 2.24) is 14.8 Å². The van der Waals surface area contributed by atoms with Gasteiger partial charge in [0.1, 0.15) is 0 Å². The molecular weight excluding hydrogens is 330 g/mol. The van der Waals surface area contributed by atoms with Crippen LogP contribution in [0.15, 0.2) is 36.4 Å². The first-order chi connectivity index (χ1) is 13.0. The molecule has 0 aliphatic carbocycles. The second-order valence-corrected chi connectivity index (χ2v) is 8.41. The van der Waals surface area contributed by atoms with E-state index < -0.39 is 0 Å². The number of hydrogen-bond donors (Lipinski definition) is 1. The van der Waals surface area contributed by atoms with Gasteiger partial charge in [-0.2, -0.15) is 0 Å². The molecule has 0 aliphatic heterocycles. The van der Waals surface area contributed by atoms with Crippen molar-refractivity contribution in [2.45, 2.75) is 38.5 Å². The van der Waals surface area contributed by atoms with Gasteiger partial charge in [-0.3, -0.25) is 0 Å². The minimum atomic E-state index is 1.17. The fourth-order valence-electron chi connectivity index (χ4n) is 3.82. The Hall–Kier alpha value is -1.84. The highest BCUT2D eigenvalue weighted by molar-refractivity contribution is 6.07. The molecule has 3 rings (SSSR count). The van der Waals surface area contributed by atoms with Crippen LogP contribution < -0.4 is 0 Å². The van der Waals surface area contributed by atoms with Gasteiger partial charge in [-0.1, -0.05) is 12.1 Å². The van der Waals surface area contributed by atoms with Gasteiger partial charge in [0.2, 0.25) is 0 Å². The molecule has 0 saturated carbocycles. The summed E-state index contributed by atoms with van der Waals surface area (Å²) < 4.78 is 0. The third-order valence-electron chi connectivity index (χ3n) is 5.37. The van der Waals surface area contributed by atoms with Gasteiger partial charge in [0.25, 0.3) is 0 Å². The highest BCUT2D eigenvalue weighted by Crippen LogP contribution is 2.28. The van der Waals surface area contributed by atoms with Crippen LogP contribution in [0.25, 0.3) is 21.8 Å². The van der Waals surface area contributed by atoms with Crippen LogP contribution in [-0.2, 0) is 12.8 Å². The van der Waals surface area contributed by atoms with Crippen molar-refractivity contribution < 1.29 is 0 Å². The summed E-state index contributed by atoms with van der Waals surface area (Å²) in [7, 11) is 8.60. The number of benzene rings is 2. The van der Waals surface area contributed by atoms with E-state index in [1.54, 1.807) is 0 Å². The van der Waals surface area contributed by atoms with Gasteiger partial charge in [0, 0.05) is 21.8 Å². The molecule has 146 valence electrons. The largest absolute Gasteiger partial charge is 0.355 e. The van der Waals surface area contributed by atoms with Crippen LogP contribution in [0.2, 0.25) is 0 Å². The Morgan fingerprint density at radius 2 is 1.07 bits per heavy atom. The van der Waals surface area contributed by atoms with E-state index in [0.29, 0.717) is 0 Å². The predicted octanol–water partition coefficient (Wildman–Crippen LogP) is 5.09. The predicted molar refractivity (Wildman–Crippen MR) is 119 cm³/mol. The van der Waals surface area contributed by atoms with E-state index in [1.807, 2.05) is 0 Å². The Morgan fingerprint density at radius 3 is 1.48 bits per heavy atom. The number of hydrogen-bond acceptors (Lipinski definition) is 2. The van der Waals surface area contributed by atoms with Crippen molar-refractivity contribution in [1.29, 1.82) is 0 Å². The molecule has 0 fully saturated rings. The zero-order valence-corrected chi connectivity index (χ0v) is 17.5. The van der Waals surface area contributed by atoms with Crippen LogP contribution in [0, 0.1) is 0 Å². The second-order valence-electron chi connectivity index (χ2n) is 8.41. The van der Waals surface area contributed by atoms with Crippen LogP contribution in [-0.4, -0.2) is 56.1 Å². The molecule has 2 aromatic carbocycles. The molecule has 0 amide bonds. The molecule has 0 atom stereocenters. The van der Waals surface area contributed by atoms with Gasteiger partial charge in [-0.15, -0.1) is 0 Å². The minimum absolute atomic E-state index is 1.17. The summed E-state index contributed by atoms with van der Waals surface area (Å²) >= 11 is 0. The van der Waals surface area contributed by atoms with Crippen LogP contribution >= 0.6 is 0 Å². The van der Waals surface area contributed by atoms with Crippen molar-refractivity contribution in [2.75, 3.05) is 41.3 Å². The molecule has 27 heavy (non-hydrogen) atoms. The van der Waals surface area contributed by atoms with Crippen LogP contribution in [0.5, 0.6) is 0 Å². The number of H-pyrrole nitrogens is 1. The molecule has 1 heterocycles. The number of aromatic amines is 1. The van der Waals surface area contributed by atoms with Crippen LogP contribution in [0.3, 0.4) is 0 Å². The average molecular weight is 366 g/mol. The summed E-state index contributed by atoms with van der Waals surface area (Å²) in [4.78, 5) is 8.12. The van der Waals surface area contributed by atoms with Crippen molar-refractivity contribution in [3.05, 3.63) is 47.5 Å². The lowest BCUT2D eigenvalue weighted by atomic mass is 10.0. The fraction of sp³-hybridized carbons (Fsp3) is 0.500. The van der Waals surface area contributed by atoms with Gasteiger partial charge in [-0.05, 0) is 115 Å². The molecule has 0 radical (unpaired) electrons. The number of nitrogens with one attached hydrogen (secondary N) is 1. The lowest BCUT2D eigenvalue weighted by Gasteiger charge is -2.09. The Labute approximate surface area is 164 Å². The SMILES string of the molecule is CN(C)CCCCc1ccc2[nH]c3ccc(CCCCN(C)C)cc3c2c1. The molecule has 0 aliphatic rings. The lowest BCUT2D eigenvalue weighted by molar-refractivity contribution is 0.394. The molecule has 0 saturated heterocycles. The van der Waals surface area contributed by atoms with E-state index in [-0.39, 0.29) is 0 Å². The monoisotopic (exact) mass is 365 g/mol. The average Bonchev–Trinajstić information content (AvgIpc) is 2.99. The highest BCUT2D eigenvalue weighted by atomic mass is 15.0. The van der Waals surface area contributed by atoms with Gasteiger partial charge >= 0.3 is 0 Å². The topological polar surface area (TPSA) is 22.3 Å². The molecule has 0 unspecified atom stereocenters. The van der Waals surface area contributed by atoms with Crippen LogP contribution in [0.1, 0.15) is 36.8 Å². The molecular formula is C24H35N3. The molecule has 3 aromatic rings. The maximum atomic E-state index is 3.58. The fourth-order valence-corrected chi connectivity index (χ4v) is 3.82. The molecule has 3 heteroatoms. The normalized spacial score (nSPS) is 12.1.